The van der Waals surface area contributed by atoms with Gasteiger partial charge in [0.05, 0.1) is 11.4 Å². The second-order valence-corrected chi connectivity index (χ2v) is 6.02. The van der Waals surface area contributed by atoms with E-state index in [2.05, 4.69) is 15.3 Å². The van der Waals surface area contributed by atoms with Crippen molar-refractivity contribution in [1.29, 1.82) is 5.41 Å². The summed E-state index contributed by atoms with van der Waals surface area (Å²) >= 11 is 0. The number of aromatic nitrogens is 3. The highest BCUT2D eigenvalue weighted by atomic mass is 19.1. The molecule has 0 aliphatic heterocycles. The van der Waals surface area contributed by atoms with Crippen LogP contribution in [0.15, 0.2) is 54.9 Å². The van der Waals surface area contributed by atoms with E-state index in [1.165, 1.54) is 18.3 Å². The van der Waals surface area contributed by atoms with Crippen LogP contribution in [0.1, 0.15) is 5.56 Å². The topological polar surface area (TPSA) is 92.1 Å². The molecule has 6 nitrogen and oxygen atoms in total. The van der Waals surface area contributed by atoms with Crippen molar-refractivity contribution >= 4 is 23.4 Å². The first-order chi connectivity index (χ1) is 13.1. The van der Waals surface area contributed by atoms with Gasteiger partial charge in [-0.05, 0) is 18.2 Å². The van der Waals surface area contributed by atoms with Crippen LogP contribution in [0.3, 0.4) is 0 Å². The number of nitrogens with two attached hydrogens (primary N) is 1. The average Bonchev–Trinajstić information content (AvgIpc) is 3.17. The summed E-state index contributed by atoms with van der Waals surface area (Å²) in [5.74, 6) is -0.0763. The molecule has 0 atom stereocenters. The molecule has 4 N–H and O–H groups in total. The number of fused-ring (bicyclic) bond motifs is 1. The molecule has 0 radical (unpaired) electrons. The first-order valence-electron chi connectivity index (χ1n) is 8.33. The third kappa shape index (κ3) is 2.79. The molecule has 0 saturated heterocycles. The maximum absolute atomic E-state index is 13.8. The average molecular weight is 360 g/mol. The van der Waals surface area contributed by atoms with E-state index in [-0.39, 0.29) is 11.6 Å². The van der Waals surface area contributed by atoms with Crippen molar-refractivity contribution in [3.8, 4) is 22.5 Å². The third-order valence-corrected chi connectivity index (χ3v) is 4.42. The van der Waals surface area contributed by atoms with Gasteiger partial charge in [-0.25, -0.2) is 14.4 Å². The van der Waals surface area contributed by atoms with Gasteiger partial charge in [0.25, 0.3) is 0 Å². The summed E-state index contributed by atoms with van der Waals surface area (Å²) in [6.45, 7) is 0. The predicted molar refractivity (Wildman–Crippen MR) is 106 cm³/mol. The molecule has 2 aromatic carbocycles. The Morgan fingerprint density at radius 3 is 2.78 bits per heavy atom. The largest absolute Gasteiger partial charge is 0.388 e. The zero-order chi connectivity index (χ0) is 19.0. The van der Waals surface area contributed by atoms with Gasteiger partial charge in [-0.1, -0.05) is 24.3 Å². The van der Waals surface area contributed by atoms with E-state index in [4.69, 9.17) is 11.1 Å². The van der Waals surface area contributed by atoms with Gasteiger partial charge >= 0.3 is 0 Å². The van der Waals surface area contributed by atoms with Gasteiger partial charge in [0.2, 0.25) is 0 Å². The van der Waals surface area contributed by atoms with Crippen LogP contribution >= 0.6 is 0 Å². The fraction of sp³-hybridized carbons (Fsp3) is 0.0500. The van der Waals surface area contributed by atoms with E-state index in [0.717, 1.165) is 22.5 Å². The summed E-state index contributed by atoms with van der Waals surface area (Å²) < 4.78 is 15.7. The minimum absolute atomic E-state index is 0.271. The van der Waals surface area contributed by atoms with Crippen LogP contribution in [0, 0.1) is 11.2 Å². The minimum Gasteiger partial charge on any atom is -0.388 e. The highest BCUT2D eigenvalue weighted by Gasteiger charge is 2.18. The Morgan fingerprint density at radius 2 is 2.04 bits per heavy atom. The molecular weight excluding hydrogens is 343 g/mol. The summed E-state index contributed by atoms with van der Waals surface area (Å²) in [5, 5.41) is 10.6. The number of halogens is 1. The number of imidazole rings is 1. The Balaban J connectivity index is 2.07. The van der Waals surface area contributed by atoms with Crippen molar-refractivity contribution < 1.29 is 4.39 Å². The second-order valence-electron chi connectivity index (χ2n) is 6.02. The van der Waals surface area contributed by atoms with Crippen molar-refractivity contribution in [2.24, 2.45) is 0 Å². The van der Waals surface area contributed by atoms with Gasteiger partial charge in [0.15, 0.2) is 11.5 Å². The smallest absolute Gasteiger partial charge is 0.180 e. The maximum Gasteiger partial charge on any atom is 0.180 e. The molecule has 27 heavy (non-hydrogen) atoms. The molecule has 4 rings (SSSR count). The summed E-state index contributed by atoms with van der Waals surface area (Å²) in [6, 6.07) is 11.9. The van der Waals surface area contributed by atoms with Crippen LogP contribution in [-0.2, 0) is 0 Å². The molecular formula is C20H17FN6. The normalized spacial score (nSPS) is 10.9. The van der Waals surface area contributed by atoms with E-state index in [1.54, 1.807) is 31.6 Å². The Labute approximate surface area is 155 Å². The van der Waals surface area contributed by atoms with Gasteiger partial charge in [-0.15, -0.1) is 0 Å². The molecule has 2 aromatic heterocycles. The van der Waals surface area contributed by atoms with E-state index in [9.17, 15) is 4.39 Å². The standard InChI is InChI=1S/C20H17FN6/c1-24-16-10-13(5-6-14(16)11-22)18-17(12-3-2-4-15(21)9-12)26-19(23)20-25-7-8-27(18)20/h2-11,22,24H,1H3,(H2,23,26). The lowest BCUT2D eigenvalue weighted by Gasteiger charge is -2.15. The molecule has 7 heteroatoms. The number of anilines is 2. The molecule has 0 fully saturated rings. The minimum atomic E-state index is -0.348. The highest BCUT2D eigenvalue weighted by Crippen LogP contribution is 2.34. The Morgan fingerprint density at radius 1 is 1.19 bits per heavy atom. The van der Waals surface area contributed by atoms with Gasteiger partial charge in [0.1, 0.15) is 5.82 Å². The zero-order valence-electron chi connectivity index (χ0n) is 14.6. The molecule has 0 spiro atoms. The Hall–Kier alpha value is -3.74. The van der Waals surface area contributed by atoms with Gasteiger partial charge < -0.3 is 16.5 Å². The molecule has 0 unspecified atom stereocenters. The summed E-state index contributed by atoms with van der Waals surface area (Å²) in [4.78, 5) is 8.80. The number of benzene rings is 2. The van der Waals surface area contributed by atoms with Crippen molar-refractivity contribution in [2.45, 2.75) is 0 Å². The quantitative estimate of drug-likeness (QED) is 0.482. The maximum atomic E-state index is 13.8. The van der Waals surface area contributed by atoms with Crippen LogP contribution in [0.25, 0.3) is 28.2 Å². The zero-order valence-corrected chi connectivity index (χ0v) is 14.6. The van der Waals surface area contributed by atoms with Gasteiger partial charge in [0, 0.05) is 48.0 Å². The molecule has 2 heterocycles. The monoisotopic (exact) mass is 360 g/mol. The number of nitrogen functional groups attached to an aromatic ring is 1. The van der Waals surface area contributed by atoms with E-state index >= 15 is 0 Å². The van der Waals surface area contributed by atoms with Crippen molar-refractivity contribution in [3.63, 3.8) is 0 Å². The lowest BCUT2D eigenvalue weighted by atomic mass is 10.0. The van der Waals surface area contributed by atoms with Gasteiger partial charge in [-0.3, -0.25) is 4.40 Å². The SMILES string of the molecule is CNc1cc(-c2c(-c3cccc(F)c3)nc(N)c3nccn23)ccc1C=N. The molecule has 0 amide bonds. The van der Waals surface area contributed by atoms with Crippen LogP contribution in [0.2, 0.25) is 0 Å². The summed E-state index contributed by atoms with van der Waals surface area (Å²) in [5.41, 5.74) is 11.0. The second kappa shape index (κ2) is 6.53. The van der Waals surface area contributed by atoms with Gasteiger partial charge in [-0.2, -0.15) is 0 Å². The van der Waals surface area contributed by atoms with Crippen LogP contribution < -0.4 is 11.1 Å². The number of nitrogens with zero attached hydrogens (tertiary/aromatic N) is 3. The highest BCUT2D eigenvalue weighted by molar-refractivity contribution is 5.90. The Bertz CT molecular complexity index is 1160. The van der Waals surface area contributed by atoms with Crippen molar-refractivity contribution in [2.75, 3.05) is 18.1 Å². The third-order valence-electron chi connectivity index (χ3n) is 4.42. The van der Waals surface area contributed by atoms with E-state index in [0.29, 0.717) is 16.9 Å². The first-order valence-corrected chi connectivity index (χ1v) is 8.33. The number of rotatable bonds is 4. The van der Waals surface area contributed by atoms with E-state index in [1.807, 2.05) is 22.6 Å². The van der Waals surface area contributed by atoms with Crippen LogP contribution in [-0.4, -0.2) is 27.6 Å². The number of hydrogen-bond donors (Lipinski definition) is 3. The van der Waals surface area contributed by atoms with E-state index < -0.39 is 0 Å². The Kier molecular flexibility index (Phi) is 4.04. The fourth-order valence-electron chi connectivity index (χ4n) is 3.17. The lowest BCUT2D eigenvalue weighted by molar-refractivity contribution is 0.628. The lowest BCUT2D eigenvalue weighted by Crippen LogP contribution is -2.04. The molecule has 0 aliphatic rings. The molecule has 134 valence electrons. The number of nitrogens with one attached hydrogen (secondary N) is 2. The fourth-order valence-corrected chi connectivity index (χ4v) is 3.17. The molecule has 4 aromatic rings. The predicted octanol–water partition coefficient (Wildman–Crippen LogP) is 3.82. The van der Waals surface area contributed by atoms with Crippen LogP contribution in [0.5, 0.6) is 0 Å². The summed E-state index contributed by atoms with van der Waals surface area (Å²) in [7, 11) is 1.80. The molecule has 0 aliphatic carbocycles. The van der Waals surface area contributed by atoms with Crippen molar-refractivity contribution in [3.05, 3.63) is 66.2 Å². The van der Waals surface area contributed by atoms with Crippen molar-refractivity contribution in [1.82, 2.24) is 14.4 Å². The molecule has 0 bridgehead atoms. The number of hydrogen-bond acceptors (Lipinski definition) is 5. The summed E-state index contributed by atoms with van der Waals surface area (Å²) in [6.07, 6.45) is 4.74. The first kappa shape index (κ1) is 16.7. The van der Waals surface area contributed by atoms with Crippen LogP contribution in [0.4, 0.5) is 15.9 Å². The molecule has 0 saturated carbocycles.